The summed E-state index contributed by atoms with van der Waals surface area (Å²) in [5, 5.41) is 0. The molecule has 0 atom stereocenters. The van der Waals surface area contributed by atoms with Gasteiger partial charge in [-0.15, -0.1) is 0 Å². The molecule has 3 rings (SSSR count). The van der Waals surface area contributed by atoms with Crippen LogP contribution < -0.4 is 5.73 Å². The van der Waals surface area contributed by atoms with Crippen LogP contribution in [0.2, 0.25) is 0 Å². The first-order chi connectivity index (χ1) is 9.70. The molecule has 3 aromatic rings. The quantitative estimate of drug-likeness (QED) is 0.784. The molecule has 3 nitrogen and oxygen atoms in total. The molecule has 3 heteroatoms. The summed E-state index contributed by atoms with van der Waals surface area (Å²) in [6, 6.07) is 17.0. The number of benzene rings is 2. The van der Waals surface area contributed by atoms with E-state index >= 15 is 0 Å². The molecule has 0 spiro atoms. The van der Waals surface area contributed by atoms with Crippen molar-refractivity contribution in [3.8, 4) is 11.4 Å². The standard InChI is InChI=1S/C17H19N3/c1-12(2)20-16-9-8-13(11-18)10-15(16)19-17(20)14-6-4-3-5-7-14/h3-10,12H,11,18H2,1-2H3. The summed E-state index contributed by atoms with van der Waals surface area (Å²) in [6.45, 7) is 4.92. The molecule has 0 bridgehead atoms. The van der Waals surface area contributed by atoms with Gasteiger partial charge in [0.25, 0.3) is 0 Å². The average molecular weight is 265 g/mol. The molecule has 0 aliphatic carbocycles. The number of hydrogen-bond acceptors (Lipinski definition) is 2. The Balaban J connectivity index is 2.28. The fourth-order valence-electron chi connectivity index (χ4n) is 2.58. The van der Waals surface area contributed by atoms with E-state index in [4.69, 9.17) is 10.7 Å². The molecule has 102 valence electrons. The topological polar surface area (TPSA) is 43.8 Å². The largest absolute Gasteiger partial charge is 0.326 e. The van der Waals surface area contributed by atoms with Crippen molar-refractivity contribution < 1.29 is 0 Å². The predicted molar refractivity (Wildman–Crippen MR) is 83.4 cm³/mol. The van der Waals surface area contributed by atoms with Gasteiger partial charge in [-0.1, -0.05) is 36.4 Å². The summed E-state index contributed by atoms with van der Waals surface area (Å²) < 4.78 is 2.28. The number of nitrogens with zero attached hydrogens (tertiary/aromatic N) is 2. The zero-order chi connectivity index (χ0) is 14.1. The van der Waals surface area contributed by atoms with Crippen molar-refractivity contribution in [3.63, 3.8) is 0 Å². The average Bonchev–Trinajstić information content (AvgIpc) is 2.86. The van der Waals surface area contributed by atoms with E-state index in [0.717, 1.165) is 28.0 Å². The summed E-state index contributed by atoms with van der Waals surface area (Å²) in [5.74, 6) is 1.02. The van der Waals surface area contributed by atoms with Crippen molar-refractivity contribution >= 4 is 11.0 Å². The number of imidazole rings is 1. The van der Waals surface area contributed by atoms with Crippen LogP contribution in [0.3, 0.4) is 0 Å². The number of aromatic nitrogens is 2. The lowest BCUT2D eigenvalue weighted by molar-refractivity contribution is 0.624. The molecular formula is C17H19N3. The van der Waals surface area contributed by atoms with E-state index in [1.165, 1.54) is 0 Å². The van der Waals surface area contributed by atoms with Gasteiger partial charge in [-0.25, -0.2) is 4.98 Å². The monoisotopic (exact) mass is 265 g/mol. The Kier molecular flexibility index (Phi) is 3.28. The highest BCUT2D eigenvalue weighted by molar-refractivity contribution is 5.81. The van der Waals surface area contributed by atoms with Crippen LogP contribution in [0.25, 0.3) is 22.4 Å². The molecule has 0 saturated carbocycles. The van der Waals surface area contributed by atoms with Gasteiger partial charge in [-0.3, -0.25) is 0 Å². The van der Waals surface area contributed by atoms with Gasteiger partial charge >= 0.3 is 0 Å². The van der Waals surface area contributed by atoms with Gasteiger partial charge in [-0.05, 0) is 31.5 Å². The molecule has 0 fully saturated rings. The van der Waals surface area contributed by atoms with Gasteiger partial charge in [-0.2, -0.15) is 0 Å². The van der Waals surface area contributed by atoms with E-state index in [1.54, 1.807) is 0 Å². The molecule has 0 saturated heterocycles. The van der Waals surface area contributed by atoms with Crippen LogP contribution in [0.5, 0.6) is 0 Å². The summed E-state index contributed by atoms with van der Waals surface area (Å²) in [6.07, 6.45) is 0. The third-order valence-corrected chi connectivity index (χ3v) is 3.54. The van der Waals surface area contributed by atoms with Gasteiger partial charge in [0, 0.05) is 18.2 Å². The lowest BCUT2D eigenvalue weighted by Crippen LogP contribution is -2.03. The zero-order valence-corrected chi connectivity index (χ0v) is 11.9. The minimum absolute atomic E-state index is 0.360. The van der Waals surface area contributed by atoms with Crippen molar-refractivity contribution in [2.24, 2.45) is 5.73 Å². The van der Waals surface area contributed by atoms with Crippen LogP contribution in [0, 0.1) is 0 Å². The SMILES string of the molecule is CC(C)n1c(-c2ccccc2)nc2cc(CN)ccc21. The summed E-state index contributed by atoms with van der Waals surface area (Å²) in [7, 11) is 0. The van der Waals surface area contributed by atoms with Crippen molar-refractivity contribution in [1.29, 1.82) is 0 Å². The molecule has 0 radical (unpaired) electrons. The van der Waals surface area contributed by atoms with Crippen LogP contribution in [0.15, 0.2) is 48.5 Å². The molecule has 0 amide bonds. The highest BCUT2D eigenvalue weighted by Gasteiger charge is 2.14. The lowest BCUT2D eigenvalue weighted by Gasteiger charge is -2.13. The Bertz CT molecular complexity index is 727. The Morgan fingerprint density at radius 2 is 1.85 bits per heavy atom. The van der Waals surface area contributed by atoms with Crippen LogP contribution in [-0.4, -0.2) is 9.55 Å². The maximum atomic E-state index is 5.72. The Labute approximate surface area is 119 Å². The maximum absolute atomic E-state index is 5.72. The Hall–Kier alpha value is -2.13. The Morgan fingerprint density at radius 3 is 2.50 bits per heavy atom. The second kappa shape index (κ2) is 5.10. The number of rotatable bonds is 3. The van der Waals surface area contributed by atoms with E-state index in [1.807, 2.05) is 18.2 Å². The zero-order valence-electron chi connectivity index (χ0n) is 11.9. The van der Waals surface area contributed by atoms with Gasteiger partial charge in [0.05, 0.1) is 11.0 Å². The molecule has 2 aromatic carbocycles. The highest BCUT2D eigenvalue weighted by Crippen LogP contribution is 2.28. The third kappa shape index (κ3) is 2.10. The summed E-state index contributed by atoms with van der Waals surface area (Å²) >= 11 is 0. The van der Waals surface area contributed by atoms with Crippen molar-refractivity contribution in [2.75, 3.05) is 0 Å². The van der Waals surface area contributed by atoms with Crippen LogP contribution in [-0.2, 0) is 6.54 Å². The number of nitrogens with two attached hydrogens (primary N) is 1. The van der Waals surface area contributed by atoms with E-state index in [9.17, 15) is 0 Å². The number of fused-ring (bicyclic) bond motifs is 1. The maximum Gasteiger partial charge on any atom is 0.141 e. The fraction of sp³-hybridized carbons (Fsp3) is 0.235. The molecule has 2 N–H and O–H groups in total. The minimum atomic E-state index is 0.360. The van der Waals surface area contributed by atoms with E-state index < -0.39 is 0 Å². The molecule has 20 heavy (non-hydrogen) atoms. The minimum Gasteiger partial charge on any atom is -0.326 e. The predicted octanol–water partition coefficient (Wildman–Crippen LogP) is 3.74. The van der Waals surface area contributed by atoms with Gasteiger partial charge in [0.15, 0.2) is 0 Å². The fourth-order valence-corrected chi connectivity index (χ4v) is 2.58. The van der Waals surface area contributed by atoms with Crippen molar-refractivity contribution in [3.05, 3.63) is 54.1 Å². The van der Waals surface area contributed by atoms with Crippen LogP contribution in [0.1, 0.15) is 25.5 Å². The third-order valence-electron chi connectivity index (χ3n) is 3.54. The van der Waals surface area contributed by atoms with Crippen LogP contribution >= 0.6 is 0 Å². The second-order valence-electron chi connectivity index (χ2n) is 5.29. The first kappa shape index (κ1) is 12.9. The molecule has 0 aliphatic rings. The van der Waals surface area contributed by atoms with Gasteiger partial charge < -0.3 is 10.3 Å². The number of hydrogen-bond donors (Lipinski definition) is 1. The van der Waals surface area contributed by atoms with E-state index in [0.29, 0.717) is 12.6 Å². The Morgan fingerprint density at radius 1 is 1.10 bits per heavy atom. The molecule has 1 heterocycles. The highest BCUT2D eigenvalue weighted by atomic mass is 15.1. The second-order valence-corrected chi connectivity index (χ2v) is 5.29. The lowest BCUT2D eigenvalue weighted by atomic mass is 10.2. The molecular weight excluding hydrogens is 246 g/mol. The normalized spacial score (nSPS) is 11.4. The summed E-state index contributed by atoms with van der Waals surface area (Å²) in [5.41, 5.74) is 10.2. The molecule has 1 aromatic heterocycles. The van der Waals surface area contributed by atoms with E-state index in [2.05, 4.69) is 48.7 Å². The van der Waals surface area contributed by atoms with Crippen LogP contribution in [0.4, 0.5) is 0 Å². The smallest absolute Gasteiger partial charge is 0.141 e. The van der Waals surface area contributed by atoms with Gasteiger partial charge in [0.1, 0.15) is 5.82 Å². The van der Waals surface area contributed by atoms with E-state index in [-0.39, 0.29) is 0 Å². The summed E-state index contributed by atoms with van der Waals surface area (Å²) in [4.78, 5) is 4.82. The van der Waals surface area contributed by atoms with Gasteiger partial charge in [0.2, 0.25) is 0 Å². The molecule has 0 aliphatic heterocycles. The molecule has 0 unspecified atom stereocenters. The van der Waals surface area contributed by atoms with Crippen molar-refractivity contribution in [1.82, 2.24) is 9.55 Å². The first-order valence-corrected chi connectivity index (χ1v) is 6.97. The first-order valence-electron chi connectivity index (χ1n) is 6.97. The van der Waals surface area contributed by atoms with Crippen molar-refractivity contribution in [2.45, 2.75) is 26.4 Å².